The summed E-state index contributed by atoms with van der Waals surface area (Å²) in [5.74, 6) is -2.07. The molecule has 1 heterocycles. The van der Waals surface area contributed by atoms with E-state index in [1.165, 1.54) is 29.2 Å². The summed E-state index contributed by atoms with van der Waals surface area (Å²) in [6.07, 6.45) is 0. The Morgan fingerprint density at radius 1 is 1.50 bits per heavy atom. The van der Waals surface area contributed by atoms with E-state index in [-0.39, 0.29) is 5.37 Å². The molecule has 1 aliphatic rings. The van der Waals surface area contributed by atoms with Crippen molar-refractivity contribution in [1.82, 2.24) is 0 Å². The molecule has 0 saturated carbocycles. The van der Waals surface area contributed by atoms with E-state index in [1.54, 1.807) is 0 Å². The summed E-state index contributed by atoms with van der Waals surface area (Å²) in [6.45, 7) is 0. The van der Waals surface area contributed by atoms with Crippen molar-refractivity contribution in [2.75, 3.05) is 5.75 Å². The SMILES string of the molecule is O=C([O-])[C@@H]1CS[C@@H](c2ccc(F)cc2F)[NH2+]1. The standard InChI is InChI=1S/C10H9F2NO2S/c11-5-1-2-6(7(12)3-5)9-13-8(4-16-9)10(14)15/h1-3,8-9,13H,4H2,(H,14,15)/t8-,9-/m0/s1. The van der Waals surface area contributed by atoms with Crippen LogP contribution < -0.4 is 10.4 Å². The minimum atomic E-state index is -1.16. The van der Waals surface area contributed by atoms with Crippen LogP contribution in [0.25, 0.3) is 0 Å². The van der Waals surface area contributed by atoms with Gasteiger partial charge in [-0.05, 0) is 12.1 Å². The van der Waals surface area contributed by atoms with Crippen LogP contribution in [0.3, 0.4) is 0 Å². The molecule has 0 spiro atoms. The van der Waals surface area contributed by atoms with Crippen LogP contribution >= 0.6 is 11.8 Å². The second-order valence-electron chi connectivity index (χ2n) is 3.54. The van der Waals surface area contributed by atoms with Gasteiger partial charge in [0.25, 0.3) is 0 Å². The van der Waals surface area contributed by atoms with E-state index in [9.17, 15) is 18.7 Å². The summed E-state index contributed by atoms with van der Waals surface area (Å²) in [4.78, 5) is 10.6. The van der Waals surface area contributed by atoms with Gasteiger partial charge in [0.1, 0.15) is 23.6 Å². The molecule has 1 aliphatic heterocycles. The number of halogens is 2. The average molecular weight is 245 g/mol. The van der Waals surface area contributed by atoms with E-state index in [1.807, 2.05) is 0 Å². The number of aliphatic carboxylic acids is 1. The van der Waals surface area contributed by atoms with Crippen molar-refractivity contribution in [2.24, 2.45) is 0 Å². The molecule has 0 unspecified atom stereocenters. The Morgan fingerprint density at radius 2 is 2.25 bits per heavy atom. The van der Waals surface area contributed by atoms with Gasteiger partial charge in [-0.3, -0.25) is 0 Å². The fraction of sp³-hybridized carbons (Fsp3) is 0.300. The lowest BCUT2D eigenvalue weighted by Crippen LogP contribution is -2.90. The Hall–Kier alpha value is -1.14. The van der Waals surface area contributed by atoms with E-state index >= 15 is 0 Å². The zero-order chi connectivity index (χ0) is 11.7. The van der Waals surface area contributed by atoms with Crippen LogP contribution in [0.4, 0.5) is 8.78 Å². The number of quaternary nitrogens is 1. The van der Waals surface area contributed by atoms with Crippen LogP contribution in [0.5, 0.6) is 0 Å². The van der Waals surface area contributed by atoms with E-state index in [4.69, 9.17) is 0 Å². The molecule has 0 aliphatic carbocycles. The minimum Gasteiger partial charge on any atom is -0.544 e. The molecule has 1 saturated heterocycles. The highest BCUT2D eigenvalue weighted by Crippen LogP contribution is 2.28. The van der Waals surface area contributed by atoms with E-state index in [0.717, 1.165) is 6.07 Å². The van der Waals surface area contributed by atoms with Gasteiger partial charge in [0.05, 0.1) is 11.3 Å². The monoisotopic (exact) mass is 245 g/mol. The van der Waals surface area contributed by atoms with Gasteiger partial charge >= 0.3 is 0 Å². The van der Waals surface area contributed by atoms with Gasteiger partial charge in [-0.25, -0.2) is 8.78 Å². The number of carbonyl (C=O) groups excluding carboxylic acids is 1. The van der Waals surface area contributed by atoms with E-state index in [2.05, 4.69) is 0 Å². The van der Waals surface area contributed by atoms with Crippen molar-refractivity contribution < 1.29 is 24.0 Å². The summed E-state index contributed by atoms with van der Waals surface area (Å²) in [6, 6.07) is 2.64. The summed E-state index contributed by atoms with van der Waals surface area (Å²) < 4.78 is 26.1. The van der Waals surface area contributed by atoms with Gasteiger partial charge < -0.3 is 15.2 Å². The van der Waals surface area contributed by atoms with Gasteiger partial charge in [0, 0.05) is 6.07 Å². The maximum Gasteiger partial charge on any atom is 0.162 e. The molecular formula is C10H9F2NO2S. The minimum absolute atomic E-state index is 0.315. The van der Waals surface area contributed by atoms with Crippen LogP contribution in [0.2, 0.25) is 0 Å². The molecule has 0 aromatic heterocycles. The Balaban J connectivity index is 2.17. The van der Waals surface area contributed by atoms with Gasteiger partial charge in [0.15, 0.2) is 5.37 Å². The number of carbonyl (C=O) groups is 1. The van der Waals surface area contributed by atoms with Crippen molar-refractivity contribution in [3.05, 3.63) is 35.4 Å². The number of nitrogens with two attached hydrogens (primary N) is 1. The van der Waals surface area contributed by atoms with Crippen LogP contribution in [0, 0.1) is 11.6 Å². The largest absolute Gasteiger partial charge is 0.544 e. The quantitative estimate of drug-likeness (QED) is 0.756. The lowest BCUT2D eigenvalue weighted by Gasteiger charge is -2.11. The lowest BCUT2D eigenvalue weighted by atomic mass is 10.2. The highest BCUT2D eigenvalue weighted by atomic mass is 32.2. The van der Waals surface area contributed by atoms with Gasteiger partial charge in [-0.15, -0.1) is 0 Å². The number of carboxylic acids is 1. The zero-order valence-electron chi connectivity index (χ0n) is 8.15. The molecule has 16 heavy (non-hydrogen) atoms. The molecule has 6 heteroatoms. The Labute approximate surface area is 94.8 Å². The molecule has 0 amide bonds. The number of rotatable bonds is 2. The van der Waals surface area contributed by atoms with Gasteiger partial charge in [-0.2, -0.15) is 0 Å². The number of thioether (sulfide) groups is 1. The van der Waals surface area contributed by atoms with Crippen LogP contribution in [0.15, 0.2) is 18.2 Å². The predicted octanol–water partition coefficient (Wildman–Crippen LogP) is -0.608. The van der Waals surface area contributed by atoms with Crippen molar-refractivity contribution in [1.29, 1.82) is 0 Å². The first-order valence-electron chi connectivity index (χ1n) is 4.70. The van der Waals surface area contributed by atoms with E-state index < -0.39 is 23.6 Å². The van der Waals surface area contributed by atoms with Crippen LogP contribution in [0.1, 0.15) is 10.9 Å². The zero-order valence-corrected chi connectivity index (χ0v) is 8.97. The fourth-order valence-electron chi connectivity index (χ4n) is 1.60. The summed E-state index contributed by atoms with van der Waals surface area (Å²) in [5.41, 5.74) is 0.315. The van der Waals surface area contributed by atoms with Crippen LogP contribution in [-0.4, -0.2) is 17.8 Å². The normalized spacial score (nSPS) is 24.6. The molecule has 2 rings (SSSR count). The maximum absolute atomic E-state index is 13.4. The second kappa shape index (κ2) is 4.39. The molecule has 1 fully saturated rings. The maximum atomic E-state index is 13.4. The molecule has 86 valence electrons. The first kappa shape index (κ1) is 11.3. The summed E-state index contributed by atoms with van der Waals surface area (Å²) in [5, 5.41) is 11.8. The van der Waals surface area contributed by atoms with Crippen molar-refractivity contribution >= 4 is 17.7 Å². The lowest BCUT2D eigenvalue weighted by molar-refractivity contribution is -0.690. The second-order valence-corrected chi connectivity index (χ2v) is 4.71. The van der Waals surface area contributed by atoms with Gasteiger partial charge in [-0.1, -0.05) is 11.8 Å². The summed E-state index contributed by atoms with van der Waals surface area (Å²) >= 11 is 1.31. The Bertz CT molecular complexity index is 427. The van der Waals surface area contributed by atoms with Crippen molar-refractivity contribution in [3.63, 3.8) is 0 Å². The third-order valence-corrected chi connectivity index (χ3v) is 3.76. The van der Waals surface area contributed by atoms with Crippen molar-refractivity contribution in [2.45, 2.75) is 11.4 Å². The molecular weight excluding hydrogens is 236 g/mol. The smallest absolute Gasteiger partial charge is 0.162 e. The van der Waals surface area contributed by atoms with Crippen LogP contribution in [-0.2, 0) is 4.79 Å². The topological polar surface area (TPSA) is 56.7 Å². The van der Waals surface area contributed by atoms with Gasteiger partial charge in [0.2, 0.25) is 0 Å². The number of benzene rings is 1. The van der Waals surface area contributed by atoms with E-state index in [0.29, 0.717) is 11.3 Å². The highest BCUT2D eigenvalue weighted by Gasteiger charge is 2.32. The third-order valence-electron chi connectivity index (χ3n) is 2.43. The van der Waals surface area contributed by atoms with Crippen molar-refractivity contribution in [3.8, 4) is 0 Å². The average Bonchev–Trinajstić information content (AvgIpc) is 2.66. The molecule has 2 N–H and O–H groups in total. The number of hydrogen-bond donors (Lipinski definition) is 1. The first-order valence-corrected chi connectivity index (χ1v) is 5.75. The first-order chi connectivity index (χ1) is 7.58. The summed E-state index contributed by atoms with van der Waals surface area (Å²) in [7, 11) is 0. The molecule has 1 aromatic rings. The fourth-order valence-corrected chi connectivity index (χ4v) is 2.94. The Morgan fingerprint density at radius 3 is 2.81 bits per heavy atom. The third kappa shape index (κ3) is 2.17. The molecule has 3 nitrogen and oxygen atoms in total. The molecule has 0 bridgehead atoms. The number of carboxylic acid groups (broad SMARTS) is 1. The predicted molar refractivity (Wildman–Crippen MR) is 52.3 cm³/mol. The highest BCUT2D eigenvalue weighted by molar-refractivity contribution is 7.99. The Kier molecular flexibility index (Phi) is 3.11. The molecule has 1 aromatic carbocycles. The molecule has 2 atom stereocenters. The number of hydrogen-bond acceptors (Lipinski definition) is 3. The molecule has 0 radical (unpaired) electrons.